The topological polar surface area (TPSA) is 103 Å². The van der Waals surface area contributed by atoms with Crippen LogP contribution < -0.4 is 20.8 Å². The SMILES string of the molecule is CC1(C)CCC(Nc2ncc(C(F)(F)F)c(-c3c[nH]c4c(P(C)(C)=O)c(N5CCCCC5=O)ccc34)n2)CN1. The highest BCUT2D eigenvalue weighted by molar-refractivity contribution is 7.71. The minimum atomic E-state index is -4.68. The normalized spacial score (nSPS) is 20.4. The summed E-state index contributed by atoms with van der Waals surface area (Å²) in [6, 6.07) is 3.36. The zero-order chi connectivity index (χ0) is 28.2. The van der Waals surface area contributed by atoms with E-state index < -0.39 is 18.9 Å². The van der Waals surface area contributed by atoms with Gasteiger partial charge in [-0.05, 0) is 58.9 Å². The van der Waals surface area contributed by atoms with Crippen molar-refractivity contribution < 1.29 is 22.5 Å². The van der Waals surface area contributed by atoms with Gasteiger partial charge in [0.05, 0.1) is 22.2 Å². The largest absolute Gasteiger partial charge is 0.419 e. The number of halogens is 3. The van der Waals surface area contributed by atoms with Crippen LogP contribution in [0.1, 0.15) is 51.5 Å². The van der Waals surface area contributed by atoms with Crippen LogP contribution >= 0.6 is 7.14 Å². The van der Waals surface area contributed by atoms with E-state index in [0.29, 0.717) is 41.4 Å². The number of H-pyrrole nitrogens is 1. The molecule has 2 aliphatic heterocycles. The van der Waals surface area contributed by atoms with Crippen LogP contribution in [-0.2, 0) is 15.5 Å². The summed E-state index contributed by atoms with van der Waals surface area (Å²) in [6.45, 7) is 8.58. The third-order valence-corrected chi connectivity index (χ3v) is 9.12. The lowest BCUT2D eigenvalue weighted by atomic mass is 9.91. The fraction of sp³-hybridized carbons (Fsp3) is 0.519. The molecule has 210 valence electrons. The second kappa shape index (κ2) is 9.93. The number of piperidine rings is 2. The Balaban J connectivity index is 1.61. The van der Waals surface area contributed by atoms with Crippen LogP contribution in [0.3, 0.4) is 0 Å². The number of hydrogen-bond donors (Lipinski definition) is 3. The molecule has 2 saturated heterocycles. The molecule has 12 heteroatoms. The highest BCUT2D eigenvalue weighted by Crippen LogP contribution is 2.45. The summed E-state index contributed by atoms with van der Waals surface area (Å²) in [5, 5.41) is 7.53. The van der Waals surface area contributed by atoms with Gasteiger partial charge in [-0.3, -0.25) is 4.79 Å². The monoisotopic (exact) mass is 562 g/mol. The van der Waals surface area contributed by atoms with Crippen LogP contribution in [0.25, 0.3) is 22.2 Å². The average molecular weight is 563 g/mol. The number of aromatic amines is 1. The van der Waals surface area contributed by atoms with E-state index in [0.717, 1.165) is 31.9 Å². The molecule has 3 N–H and O–H groups in total. The van der Waals surface area contributed by atoms with Gasteiger partial charge in [-0.15, -0.1) is 0 Å². The Labute approximate surface area is 225 Å². The van der Waals surface area contributed by atoms with Crippen molar-refractivity contribution in [2.24, 2.45) is 0 Å². The van der Waals surface area contributed by atoms with Gasteiger partial charge in [0.15, 0.2) is 0 Å². The van der Waals surface area contributed by atoms with Crippen molar-refractivity contribution in [2.45, 2.75) is 63.7 Å². The number of anilines is 2. The first-order valence-electron chi connectivity index (χ1n) is 13.2. The molecule has 5 rings (SSSR count). The van der Waals surface area contributed by atoms with E-state index in [9.17, 15) is 22.5 Å². The third kappa shape index (κ3) is 5.57. The fourth-order valence-corrected chi connectivity index (χ4v) is 6.96. The number of nitrogens with one attached hydrogen (secondary N) is 3. The first-order chi connectivity index (χ1) is 18.2. The Morgan fingerprint density at radius 3 is 2.62 bits per heavy atom. The summed E-state index contributed by atoms with van der Waals surface area (Å²) in [5.41, 5.74) is 0.0191. The first kappa shape index (κ1) is 27.6. The number of amides is 1. The molecule has 0 bridgehead atoms. The second-order valence-corrected chi connectivity index (χ2v) is 14.7. The number of benzene rings is 1. The van der Waals surface area contributed by atoms with Gasteiger partial charge in [0.2, 0.25) is 11.9 Å². The summed E-state index contributed by atoms with van der Waals surface area (Å²) < 4.78 is 55.9. The van der Waals surface area contributed by atoms with Crippen molar-refractivity contribution in [2.75, 3.05) is 36.6 Å². The maximum absolute atomic E-state index is 14.1. The molecule has 0 radical (unpaired) electrons. The Morgan fingerprint density at radius 1 is 1.21 bits per heavy atom. The van der Waals surface area contributed by atoms with Gasteiger partial charge in [0.1, 0.15) is 12.7 Å². The molecule has 0 spiro atoms. The van der Waals surface area contributed by atoms with Gasteiger partial charge in [-0.2, -0.15) is 13.2 Å². The number of nitrogens with zero attached hydrogens (tertiary/aromatic N) is 3. The van der Waals surface area contributed by atoms with Crippen molar-refractivity contribution in [1.29, 1.82) is 0 Å². The van der Waals surface area contributed by atoms with Gasteiger partial charge < -0.3 is 25.1 Å². The minimum Gasteiger partial charge on any atom is -0.360 e. The molecule has 8 nitrogen and oxygen atoms in total. The molecule has 1 unspecified atom stereocenters. The molecule has 2 aromatic heterocycles. The highest BCUT2D eigenvalue weighted by atomic mass is 31.2. The number of fused-ring (bicyclic) bond motifs is 1. The molecule has 1 atom stereocenters. The Morgan fingerprint density at radius 2 is 1.97 bits per heavy atom. The molecular weight excluding hydrogens is 528 g/mol. The highest BCUT2D eigenvalue weighted by Gasteiger charge is 2.37. The Bertz CT molecular complexity index is 1450. The number of hydrogen-bond acceptors (Lipinski definition) is 6. The summed E-state index contributed by atoms with van der Waals surface area (Å²) in [7, 11) is -2.96. The standard InChI is InChI=1S/C27H34F3N6O2P/c1-26(2)11-10-16(13-33-26)34-25-32-15-19(27(28,29)30)22(35-25)18-14-31-23-17(18)8-9-20(24(23)39(3,4)38)36-12-6-5-7-21(36)37/h8-9,14-16,31,33H,5-7,10-13H2,1-4H3,(H,32,34,35). The van der Waals surface area contributed by atoms with Crippen LogP contribution in [0.5, 0.6) is 0 Å². The van der Waals surface area contributed by atoms with E-state index in [1.54, 1.807) is 30.4 Å². The van der Waals surface area contributed by atoms with E-state index in [1.165, 1.54) is 6.20 Å². The summed E-state index contributed by atoms with van der Waals surface area (Å²) in [5.74, 6) is 0.0693. The summed E-state index contributed by atoms with van der Waals surface area (Å²) >= 11 is 0. The Hall–Kier alpha value is -2.91. The van der Waals surface area contributed by atoms with E-state index in [4.69, 9.17) is 0 Å². The smallest absolute Gasteiger partial charge is 0.360 e. The van der Waals surface area contributed by atoms with Crippen LogP contribution in [-0.4, -0.2) is 58.9 Å². The first-order valence-corrected chi connectivity index (χ1v) is 15.8. The maximum Gasteiger partial charge on any atom is 0.419 e. The van der Waals surface area contributed by atoms with Crippen molar-refractivity contribution in [3.63, 3.8) is 0 Å². The number of carbonyl (C=O) groups is 1. The lowest BCUT2D eigenvalue weighted by Crippen LogP contribution is -2.50. The van der Waals surface area contributed by atoms with Crippen molar-refractivity contribution in [3.05, 3.63) is 30.1 Å². The molecule has 2 fully saturated rings. The zero-order valence-electron chi connectivity index (χ0n) is 22.6. The molecular formula is C27H34F3N6O2P. The minimum absolute atomic E-state index is 0.00173. The molecule has 2 aliphatic rings. The average Bonchev–Trinajstić information content (AvgIpc) is 3.27. The predicted octanol–water partition coefficient (Wildman–Crippen LogP) is 5.35. The van der Waals surface area contributed by atoms with E-state index in [2.05, 4.69) is 39.4 Å². The molecule has 1 amide bonds. The fourth-order valence-electron chi connectivity index (χ4n) is 5.49. The number of carbonyl (C=O) groups excluding carboxylic acids is 1. The lowest BCUT2D eigenvalue weighted by Gasteiger charge is -2.36. The van der Waals surface area contributed by atoms with Gasteiger partial charge in [-0.1, -0.05) is 6.07 Å². The molecule has 0 saturated carbocycles. The van der Waals surface area contributed by atoms with Crippen LogP contribution in [0.4, 0.5) is 24.8 Å². The van der Waals surface area contributed by atoms with Crippen LogP contribution in [0, 0.1) is 0 Å². The Kier molecular flexibility index (Phi) is 7.04. The van der Waals surface area contributed by atoms with E-state index >= 15 is 0 Å². The van der Waals surface area contributed by atoms with E-state index in [-0.39, 0.29) is 34.7 Å². The third-order valence-electron chi connectivity index (χ3n) is 7.59. The lowest BCUT2D eigenvalue weighted by molar-refractivity contribution is -0.137. The molecule has 4 heterocycles. The molecule has 1 aromatic carbocycles. The van der Waals surface area contributed by atoms with Gasteiger partial charge in [0, 0.05) is 54.4 Å². The van der Waals surface area contributed by atoms with Crippen molar-refractivity contribution in [1.82, 2.24) is 20.3 Å². The van der Waals surface area contributed by atoms with Gasteiger partial charge >= 0.3 is 6.18 Å². The van der Waals surface area contributed by atoms with Gasteiger partial charge in [0.25, 0.3) is 0 Å². The van der Waals surface area contributed by atoms with Gasteiger partial charge in [-0.25, -0.2) is 9.97 Å². The number of alkyl halides is 3. The van der Waals surface area contributed by atoms with Crippen molar-refractivity contribution >= 4 is 40.9 Å². The molecule has 3 aromatic rings. The number of rotatable bonds is 5. The van der Waals surface area contributed by atoms with E-state index in [1.807, 2.05) is 0 Å². The second-order valence-electron chi connectivity index (χ2n) is 11.5. The molecule has 39 heavy (non-hydrogen) atoms. The molecule has 0 aliphatic carbocycles. The summed E-state index contributed by atoms with van der Waals surface area (Å²) in [6.07, 6.45) is 1.38. The summed E-state index contributed by atoms with van der Waals surface area (Å²) in [4.78, 5) is 25.8. The predicted molar refractivity (Wildman–Crippen MR) is 148 cm³/mol. The quantitative estimate of drug-likeness (QED) is 0.363. The van der Waals surface area contributed by atoms with Crippen LogP contribution in [0.2, 0.25) is 0 Å². The number of aromatic nitrogens is 3. The zero-order valence-corrected chi connectivity index (χ0v) is 23.5. The maximum atomic E-state index is 14.1. The van der Waals surface area contributed by atoms with Crippen molar-refractivity contribution in [3.8, 4) is 11.3 Å². The van der Waals surface area contributed by atoms with Crippen LogP contribution in [0.15, 0.2) is 24.5 Å².